The predicted molar refractivity (Wildman–Crippen MR) is 255 cm³/mol. The topological polar surface area (TPSA) is 16.4 Å². The Labute approximate surface area is 353 Å². The number of hydrogen-bond acceptors (Lipinski definition) is 3. The molecule has 0 N–H and O–H groups in total. The SMILES string of the molecule is CC1(C)c2ccccc2-c2cc(-c3ccc4c(c3)sc3ccccc34)c(N(c3ccc(-c4ccccc4)cc3)c3ccc(-c4cccc5c4oc4ccccc45)cc3)cc21. The Bertz CT molecular complexity index is 3440. The van der Waals surface area contributed by atoms with Crippen LogP contribution in [0.5, 0.6) is 0 Å². The molecule has 284 valence electrons. The Morgan fingerprint density at radius 2 is 1.02 bits per heavy atom. The van der Waals surface area contributed by atoms with E-state index in [-0.39, 0.29) is 5.41 Å². The number of thiophene rings is 1. The van der Waals surface area contributed by atoms with Gasteiger partial charge in [0.1, 0.15) is 11.2 Å². The van der Waals surface area contributed by atoms with E-state index in [4.69, 9.17) is 4.42 Å². The molecule has 0 atom stereocenters. The normalized spacial score (nSPS) is 13.0. The van der Waals surface area contributed by atoms with Crippen molar-refractivity contribution in [1.29, 1.82) is 0 Å². The first-order valence-corrected chi connectivity index (χ1v) is 21.5. The highest BCUT2D eigenvalue weighted by atomic mass is 32.1. The van der Waals surface area contributed by atoms with E-state index in [1.54, 1.807) is 0 Å². The summed E-state index contributed by atoms with van der Waals surface area (Å²) in [7, 11) is 0. The molecule has 9 aromatic carbocycles. The highest BCUT2D eigenvalue weighted by Gasteiger charge is 2.37. The summed E-state index contributed by atoms with van der Waals surface area (Å²) in [6, 6.07) is 73.2. The molecule has 0 unspecified atom stereocenters. The Morgan fingerprint density at radius 1 is 0.400 bits per heavy atom. The number of nitrogens with zero attached hydrogens (tertiary/aromatic N) is 1. The fourth-order valence-corrected chi connectivity index (χ4v) is 10.8. The van der Waals surface area contributed by atoms with Crippen LogP contribution in [-0.2, 0) is 5.41 Å². The van der Waals surface area contributed by atoms with E-state index in [1.807, 2.05) is 17.4 Å². The molecule has 0 saturated carbocycles. The predicted octanol–water partition coefficient (Wildman–Crippen LogP) is 16.7. The van der Waals surface area contributed by atoms with Gasteiger partial charge in [0.15, 0.2) is 0 Å². The summed E-state index contributed by atoms with van der Waals surface area (Å²) in [6.45, 7) is 4.74. The molecule has 0 aliphatic heterocycles. The van der Waals surface area contributed by atoms with E-state index in [2.05, 4.69) is 213 Å². The van der Waals surface area contributed by atoms with Crippen LogP contribution < -0.4 is 4.90 Å². The second-order valence-corrected chi connectivity index (χ2v) is 17.6. The number of rotatable bonds is 6. The molecule has 0 spiro atoms. The Kier molecular flexibility index (Phi) is 7.79. The first-order chi connectivity index (χ1) is 29.5. The lowest BCUT2D eigenvalue weighted by Crippen LogP contribution is -2.17. The van der Waals surface area contributed by atoms with Gasteiger partial charge in [0.25, 0.3) is 0 Å². The van der Waals surface area contributed by atoms with Crippen LogP contribution in [-0.4, -0.2) is 0 Å². The van der Waals surface area contributed by atoms with Gasteiger partial charge >= 0.3 is 0 Å². The molecule has 0 amide bonds. The average Bonchev–Trinajstić information content (AvgIpc) is 3.94. The summed E-state index contributed by atoms with van der Waals surface area (Å²) < 4.78 is 9.10. The van der Waals surface area contributed by atoms with Crippen molar-refractivity contribution >= 4 is 70.5 Å². The molecule has 2 aromatic heterocycles. The van der Waals surface area contributed by atoms with E-state index >= 15 is 0 Å². The van der Waals surface area contributed by atoms with E-state index in [9.17, 15) is 0 Å². The van der Waals surface area contributed by atoms with Crippen LogP contribution in [0.25, 0.3) is 86.6 Å². The first kappa shape index (κ1) is 34.8. The summed E-state index contributed by atoms with van der Waals surface area (Å²) >= 11 is 1.87. The molecule has 12 rings (SSSR count). The van der Waals surface area contributed by atoms with Gasteiger partial charge < -0.3 is 9.32 Å². The summed E-state index contributed by atoms with van der Waals surface area (Å²) in [5, 5.41) is 4.89. The van der Waals surface area contributed by atoms with Gasteiger partial charge in [-0.3, -0.25) is 0 Å². The van der Waals surface area contributed by atoms with Gasteiger partial charge in [0, 0.05) is 58.9 Å². The maximum Gasteiger partial charge on any atom is 0.143 e. The smallest absolute Gasteiger partial charge is 0.143 e. The Balaban J connectivity index is 1.08. The Hall–Kier alpha value is -7.20. The first-order valence-electron chi connectivity index (χ1n) is 20.7. The molecule has 0 fully saturated rings. The zero-order valence-electron chi connectivity index (χ0n) is 33.3. The third-order valence-corrected chi connectivity index (χ3v) is 13.8. The van der Waals surface area contributed by atoms with Gasteiger partial charge in [-0.25, -0.2) is 0 Å². The summed E-state index contributed by atoms with van der Waals surface area (Å²) in [4.78, 5) is 2.46. The molecular formula is C57H39NOS. The number of furan rings is 1. The number of para-hydroxylation sites is 2. The minimum absolute atomic E-state index is 0.174. The average molecular weight is 786 g/mol. The molecule has 2 nitrogen and oxygen atoms in total. The standard InChI is InChI=1S/C57H39NOS/c1-57(2)50-20-9-6-15-43(50)49-34-48(39-27-32-46-45-17-8-11-22-54(45)60-55(46)33-39)52(35-51(49)57)58(40-28-23-37(24-29-40)36-13-4-3-5-14-36)41-30-25-38(26-31-41)42-18-12-19-47-44-16-7-10-21-53(44)59-56(42)47/h3-35H,1-2H3. The molecule has 0 radical (unpaired) electrons. The molecule has 11 aromatic rings. The molecular weight excluding hydrogens is 747 g/mol. The van der Waals surface area contributed by atoms with Crippen LogP contribution >= 0.6 is 11.3 Å². The van der Waals surface area contributed by atoms with Gasteiger partial charge in [-0.05, 0) is 99.1 Å². The highest BCUT2D eigenvalue weighted by molar-refractivity contribution is 7.25. The molecule has 0 bridgehead atoms. The van der Waals surface area contributed by atoms with E-state index in [0.717, 1.165) is 50.1 Å². The highest BCUT2D eigenvalue weighted by Crippen LogP contribution is 2.54. The van der Waals surface area contributed by atoms with Crippen LogP contribution in [0, 0.1) is 0 Å². The molecule has 1 aliphatic carbocycles. The lowest BCUT2D eigenvalue weighted by Gasteiger charge is -2.31. The van der Waals surface area contributed by atoms with Crippen molar-refractivity contribution in [2.24, 2.45) is 0 Å². The lowest BCUT2D eigenvalue weighted by atomic mass is 9.81. The van der Waals surface area contributed by atoms with Gasteiger partial charge in [-0.2, -0.15) is 0 Å². The van der Waals surface area contributed by atoms with Crippen LogP contribution in [0.3, 0.4) is 0 Å². The fourth-order valence-electron chi connectivity index (χ4n) is 9.67. The maximum absolute atomic E-state index is 6.50. The van der Waals surface area contributed by atoms with Crippen molar-refractivity contribution in [1.82, 2.24) is 0 Å². The third-order valence-electron chi connectivity index (χ3n) is 12.7. The molecule has 0 saturated heterocycles. The number of benzene rings is 9. The third kappa shape index (κ3) is 5.40. The van der Waals surface area contributed by atoms with Gasteiger partial charge in [-0.1, -0.05) is 159 Å². The van der Waals surface area contributed by atoms with E-state index in [0.29, 0.717) is 0 Å². The van der Waals surface area contributed by atoms with Crippen LogP contribution in [0.15, 0.2) is 205 Å². The summed E-state index contributed by atoms with van der Waals surface area (Å²) in [5.41, 5.74) is 17.3. The number of hydrogen-bond donors (Lipinski definition) is 0. The van der Waals surface area contributed by atoms with Crippen molar-refractivity contribution < 1.29 is 4.42 Å². The minimum Gasteiger partial charge on any atom is -0.455 e. The summed E-state index contributed by atoms with van der Waals surface area (Å²) in [5.74, 6) is 0. The van der Waals surface area contributed by atoms with Gasteiger partial charge in [0.2, 0.25) is 0 Å². The van der Waals surface area contributed by atoms with Crippen LogP contribution in [0.1, 0.15) is 25.0 Å². The molecule has 2 heterocycles. The number of anilines is 3. The second-order valence-electron chi connectivity index (χ2n) is 16.5. The zero-order valence-corrected chi connectivity index (χ0v) is 34.1. The molecule has 1 aliphatic rings. The largest absolute Gasteiger partial charge is 0.455 e. The minimum atomic E-state index is -0.174. The van der Waals surface area contributed by atoms with Crippen LogP contribution in [0.2, 0.25) is 0 Å². The Morgan fingerprint density at radius 3 is 1.83 bits per heavy atom. The summed E-state index contributed by atoms with van der Waals surface area (Å²) in [6.07, 6.45) is 0. The maximum atomic E-state index is 6.50. The van der Waals surface area contributed by atoms with Crippen molar-refractivity contribution in [3.8, 4) is 44.5 Å². The fraction of sp³-hybridized carbons (Fsp3) is 0.0526. The van der Waals surface area contributed by atoms with E-state index < -0.39 is 0 Å². The van der Waals surface area contributed by atoms with E-state index in [1.165, 1.54) is 64.7 Å². The van der Waals surface area contributed by atoms with Crippen molar-refractivity contribution in [2.45, 2.75) is 19.3 Å². The van der Waals surface area contributed by atoms with Crippen LogP contribution in [0.4, 0.5) is 17.1 Å². The van der Waals surface area contributed by atoms with Gasteiger partial charge in [0.05, 0.1) is 5.69 Å². The van der Waals surface area contributed by atoms with Crippen molar-refractivity contribution in [3.05, 3.63) is 211 Å². The van der Waals surface area contributed by atoms with Gasteiger partial charge in [-0.15, -0.1) is 11.3 Å². The quantitative estimate of drug-likeness (QED) is 0.167. The van der Waals surface area contributed by atoms with Crippen molar-refractivity contribution in [3.63, 3.8) is 0 Å². The monoisotopic (exact) mass is 785 g/mol. The molecule has 3 heteroatoms. The van der Waals surface area contributed by atoms with Crippen molar-refractivity contribution in [2.75, 3.05) is 4.90 Å². The lowest BCUT2D eigenvalue weighted by molar-refractivity contribution is 0.660. The molecule has 60 heavy (non-hydrogen) atoms. The second kappa shape index (κ2) is 13.4. The number of fused-ring (bicyclic) bond motifs is 9. The zero-order chi connectivity index (χ0) is 40.0.